The molecule has 68 heavy (non-hydrogen) atoms. The number of rotatable bonds is 7. The summed E-state index contributed by atoms with van der Waals surface area (Å²) in [7, 11) is 0. The zero-order valence-corrected chi connectivity index (χ0v) is 36.8. The number of para-hydroxylation sites is 1. The van der Waals surface area contributed by atoms with Gasteiger partial charge in [-0.25, -0.2) is 4.68 Å². The second kappa shape index (κ2) is 16.7. The molecule has 14 nitrogen and oxygen atoms in total. The van der Waals surface area contributed by atoms with Crippen LogP contribution in [-0.4, -0.2) is 91.6 Å². The van der Waals surface area contributed by atoms with Gasteiger partial charge in [0.25, 0.3) is 0 Å². The highest BCUT2D eigenvalue weighted by molar-refractivity contribution is 6.12. The molecule has 6 aromatic carbocycles. The topological polar surface area (TPSA) is 152 Å². The van der Waals surface area contributed by atoms with E-state index in [9.17, 15) is 5.11 Å². The molecule has 12 rings (SSSR count). The van der Waals surface area contributed by atoms with E-state index in [-0.39, 0.29) is 25.0 Å². The number of phenols is 1. The van der Waals surface area contributed by atoms with E-state index in [1.165, 1.54) is 0 Å². The van der Waals surface area contributed by atoms with Crippen LogP contribution < -0.4 is 14.8 Å². The van der Waals surface area contributed by atoms with E-state index < -0.39 is 47.4 Å². The molecule has 5 aliphatic rings. The number of aromatic nitrogens is 3. The molecule has 6 heterocycles. The highest BCUT2D eigenvalue weighted by atomic mass is 16.7. The molecule has 338 valence electrons. The summed E-state index contributed by atoms with van der Waals surface area (Å²) in [6, 6.07) is 42.6. The number of cyclic esters (lactones) is 1. The summed E-state index contributed by atoms with van der Waals surface area (Å²) in [5.41, 5.74) is 4.97. The van der Waals surface area contributed by atoms with Crippen molar-refractivity contribution in [2.75, 3.05) is 38.3 Å². The quantitative estimate of drug-likeness (QED) is 0.133. The molecule has 2 N–H and O–H groups in total. The molecule has 14 heteroatoms. The van der Waals surface area contributed by atoms with Crippen molar-refractivity contribution in [1.82, 2.24) is 29.7 Å². The summed E-state index contributed by atoms with van der Waals surface area (Å²) in [5, 5.41) is 22.5. The number of carbonyl (C=O) groups excluding carboxylic acids is 3. The largest absolute Gasteiger partial charge is 0.508 e. The number of hydrogen-bond donors (Lipinski definition) is 2. The second-order valence-corrected chi connectivity index (χ2v) is 17.9. The molecule has 7 aromatic rings. The van der Waals surface area contributed by atoms with Gasteiger partial charge in [0.15, 0.2) is 11.5 Å². The van der Waals surface area contributed by atoms with Crippen LogP contribution in [0.25, 0.3) is 11.0 Å². The number of fused-ring (bicyclic) bond motifs is 5. The fraction of sp³-hybridized carbons (Fsp3) is 0.241. The van der Waals surface area contributed by atoms with E-state index in [1.54, 1.807) is 28.9 Å². The first kappa shape index (κ1) is 41.4. The lowest BCUT2D eigenvalue weighted by atomic mass is 9.65. The molecule has 1 spiro atoms. The average Bonchev–Trinajstić information content (AvgIpc) is 4.16. The van der Waals surface area contributed by atoms with Crippen LogP contribution in [0.1, 0.15) is 51.6 Å². The Hall–Kier alpha value is -7.99. The third kappa shape index (κ3) is 6.84. The van der Waals surface area contributed by atoms with Gasteiger partial charge < -0.3 is 29.5 Å². The predicted octanol–water partition coefficient (Wildman–Crippen LogP) is 6.53. The fourth-order valence-electron chi connectivity index (χ4n) is 11.2. The number of benzene rings is 6. The van der Waals surface area contributed by atoms with Crippen molar-refractivity contribution in [3.8, 4) is 29.1 Å². The molecule has 3 saturated heterocycles. The Morgan fingerprint density at radius 2 is 1.50 bits per heavy atom. The molecule has 5 aliphatic heterocycles. The van der Waals surface area contributed by atoms with Crippen molar-refractivity contribution in [1.29, 1.82) is 0 Å². The minimum Gasteiger partial charge on any atom is -0.508 e. The first-order valence-corrected chi connectivity index (χ1v) is 22.8. The minimum atomic E-state index is -1.69. The van der Waals surface area contributed by atoms with Crippen LogP contribution in [0.4, 0.5) is 5.69 Å². The van der Waals surface area contributed by atoms with Gasteiger partial charge in [-0.3, -0.25) is 24.2 Å². The standard InChI is InChI=1S/C54H45N7O7/c62-39-21-19-38(20-22-39)50-54(40-30-34(17-23-41(40)55-53(54)65)10-9-25-60-43-16-8-7-15-42(43)56-57-60)46(51(63)59-28-26-58(27-29-59)32-35-18-24-44-45(31-35)67-33-66-44)48-52(64)68-49(37-13-5-2-6-14-37)47(61(48)50)36-11-3-1-4-12-36/h1-8,11-24,30-31,46-50,62H,25-29,32-33H2,(H,55,65)/t46-,47-,48-,49+,50+,54-/m0/s1. The lowest BCUT2D eigenvalue weighted by Crippen LogP contribution is -2.58. The number of hydrogen-bond acceptors (Lipinski definition) is 11. The van der Waals surface area contributed by atoms with E-state index in [0.717, 1.165) is 33.5 Å². The van der Waals surface area contributed by atoms with Crippen LogP contribution in [-0.2, 0) is 37.6 Å². The van der Waals surface area contributed by atoms with Gasteiger partial charge in [0, 0.05) is 44.0 Å². The van der Waals surface area contributed by atoms with Gasteiger partial charge in [0.1, 0.15) is 35.4 Å². The van der Waals surface area contributed by atoms with Crippen molar-refractivity contribution in [2.24, 2.45) is 5.92 Å². The Morgan fingerprint density at radius 1 is 0.765 bits per heavy atom. The van der Waals surface area contributed by atoms with E-state index in [0.29, 0.717) is 60.9 Å². The fourth-order valence-corrected chi connectivity index (χ4v) is 11.2. The summed E-state index contributed by atoms with van der Waals surface area (Å²) in [4.78, 5) is 53.2. The Labute approximate surface area is 391 Å². The Morgan fingerprint density at radius 3 is 2.29 bits per heavy atom. The van der Waals surface area contributed by atoms with Gasteiger partial charge in [-0.1, -0.05) is 108 Å². The Balaban J connectivity index is 0.996. The normalized spacial score (nSPS) is 24.0. The summed E-state index contributed by atoms with van der Waals surface area (Å²) in [6.07, 6.45) is -0.804. The lowest BCUT2D eigenvalue weighted by molar-refractivity contribution is -0.179. The highest BCUT2D eigenvalue weighted by Crippen LogP contribution is 2.65. The van der Waals surface area contributed by atoms with Gasteiger partial charge in [-0.2, -0.15) is 0 Å². The lowest BCUT2D eigenvalue weighted by Gasteiger charge is -2.46. The molecule has 6 atom stereocenters. The number of morpholine rings is 1. The monoisotopic (exact) mass is 903 g/mol. The van der Waals surface area contributed by atoms with Crippen molar-refractivity contribution in [3.05, 3.63) is 179 Å². The number of amides is 2. The van der Waals surface area contributed by atoms with E-state index in [1.807, 2.05) is 126 Å². The first-order valence-electron chi connectivity index (χ1n) is 22.8. The second-order valence-electron chi connectivity index (χ2n) is 17.9. The summed E-state index contributed by atoms with van der Waals surface area (Å²) < 4.78 is 19.5. The number of nitrogens with one attached hydrogen (secondary N) is 1. The average molecular weight is 904 g/mol. The smallest absolute Gasteiger partial charge is 0.324 e. The maximum absolute atomic E-state index is 16.0. The number of piperazine rings is 1. The summed E-state index contributed by atoms with van der Waals surface area (Å²) >= 11 is 0. The Kier molecular flexibility index (Phi) is 10.2. The molecular weight excluding hydrogens is 859 g/mol. The van der Waals surface area contributed by atoms with Crippen LogP contribution in [0.5, 0.6) is 17.2 Å². The number of nitrogens with zero attached hydrogens (tertiary/aromatic N) is 6. The third-order valence-electron chi connectivity index (χ3n) is 14.2. The van der Waals surface area contributed by atoms with Gasteiger partial charge in [0.2, 0.25) is 18.6 Å². The zero-order valence-electron chi connectivity index (χ0n) is 36.8. The number of anilines is 1. The SMILES string of the molecule is O=C1O[C@H](c2ccccc2)[C@H](c2ccccc2)N2[C@H]1[C@@H](C(=O)N1CCN(Cc3ccc4c(c3)OCO4)CC1)[C@]1(C(=O)Nc3ccc(C#CCn4nnc5ccccc54)cc31)[C@H]2c1ccc(O)cc1. The third-order valence-corrected chi connectivity index (χ3v) is 14.2. The van der Waals surface area contributed by atoms with Crippen LogP contribution >= 0.6 is 0 Å². The van der Waals surface area contributed by atoms with Gasteiger partial charge >= 0.3 is 5.97 Å². The number of aromatic hydroxyl groups is 1. The summed E-state index contributed by atoms with van der Waals surface area (Å²) in [6.45, 7) is 2.96. The molecule has 0 radical (unpaired) electrons. The highest BCUT2D eigenvalue weighted by Gasteiger charge is 2.74. The zero-order chi connectivity index (χ0) is 45.9. The molecule has 3 fully saturated rings. The molecule has 1 aromatic heterocycles. The van der Waals surface area contributed by atoms with Crippen molar-refractivity contribution < 1.29 is 33.7 Å². The maximum Gasteiger partial charge on any atom is 0.324 e. The number of phenolic OH excluding ortho intramolecular Hbond substituents is 1. The molecular formula is C54H45N7O7. The van der Waals surface area contributed by atoms with Crippen LogP contribution in [0, 0.1) is 17.8 Å². The molecule has 0 aliphatic carbocycles. The van der Waals surface area contributed by atoms with Crippen molar-refractivity contribution >= 4 is 34.5 Å². The van der Waals surface area contributed by atoms with Crippen LogP contribution in [0.3, 0.4) is 0 Å². The molecule has 0 saturated carbocycles. The number of carbonyl (C=O) groups is 3. The first-order chi connectivity index (χ1) is 33.3. The number of esters is 1. The van der Waals surface area contributed by atoms with Gasteiger partial charge in [-0.15, -0.1) is 5.10 Å². The minimum absolute atomic E-state index is 0.0393. The predicted molar refractivity (Wildman–Crippen MR) is 250 cm³/mol. The van der Waals surface area contributed by atoms with Crippen molar-refractivity contribution in [2.45, 2.75) is 42.7 Å². The van der Waals surface area contributed by atoms with Gasteiger partial charge in [0.05, 0.1) is 23.5 Å². The van der Waals surface area contributed by atoms with E-state index >= 15 is 14.4 Å². The van der Waals surface area contributed by atoms with Crippen LogP contribution in [0.15, 0.2) is 146 Å². The Bertz CT molecular complexity index is 3160. The maximum atomic E-state index is 16.0. The molecule has 0 bridgehead atoms. The van der Waals surface area contributed by atoms with E-state index in [4.69, 9.17) is 14.2 Å². The number of ether oxygens (including phenoxy) is 3. The molecule has 0 unspecified atom stereocenters. The van der Waals surface area contributed by atoms with Crippen molar-refractivity contribution in [3.63, 3.8) is 0 Å². The molecule has 2 amide bonds. The van der Waals surface area contributed by atoms with Crippen LogP contribution in [0.2, 0.25) is 0 Å². The van der Waals surface area contributed by atoms with Gasteiger partial charge in [-0.05, 0) is 82.4 Å². The van der Waals surface area contributed by atoms with E-state index in [2.05, 4.69) is 37.3 Å². The summed E-state index contributed by atoms with van der Waals surface area (Å²) in [5.74, 6) is 5.47.